The van der Waals surface area contributed by atoms with Crippen molar-refractivity contribution < 1.29 is 13.9 Å². The lowest BCUT2D eigenvalue weighted by Gasteiger charge is -2.30. The molecule has 8 heteroatoms. The molecule has 36 heavy (non-hydrogen) atoms. The average Bonchev–Trinajstić information content (AvgIpc) is 2.90. The number of aromatic nitrogens is 2. The van der Waals surface area contributed by atoms with Gasteiger partial charge in [0.05, 0.1) is 28.4 Å². The fourth-order valence-corrected chi connectivity index (χ4v) is 4.36. The Hall–Kier alpha value is -3.97. The summed E-state index contributed by atoms with van der Waals surface area (Å²) >= 11 is 6.28. The summed E-state index contributed by atoms with van der Waals surface area (Å²) in [6, 6.07) is 22.8. The number of ether oxygens (including phenoxy) is 1. The molecular weight excluding hydrogens is 479 g/mol. The molecule has 2 heterocycles. The number of nitrogens with zero attached hydrogens (tertiary/aromatic N) is 4. The number of anilines is 1. The first-order chi connectivity index (χ1) is 17.5. The Labute approximate surface area is 213 Å². The third kappa shape index (κ3) is 5.16. The van der Waals surface area contributed by atoms with Crippen molar-refractivity contribution >= 4 is 23.5 Å². The van der Waals surface area contributed by atoms with Crippen LogP contribution >= 0.6 is 11.6 Å². The molecule has 1 aliphatic rings. The van der Waals surface area contributed by atoms with Gasteiger partial charge in [-0.2, -0.15) is 4.98 Å². The van der Waals surface area contributed by atoms with E-state index in [4.69, 9.17) is 26.3 Å². The molecular formula is C28H24ClFN4O2. The molecule has 0 radical (unpaired) electrons. The number of hydrogen-bond donors (Lipinski definition) is 0. The van der Waals surface area contributed by atoms with Gasteiger partial charge in [0, 0.05) is 26.6 Å². The summed E-state index contributed by atoms with van der Waals surface area (Å²) in [6.07, 6.45) is 0.542. The van der Waals surface area contributed by atoms with Gasteiger partial charge in [-0.15, -0.1) is 0 Å². The number of carbonyl (C=O) groups excluding carboxylic acids is 1. The van der Waals surface area contributed by atoms with Crippen molar-refractivity contribution in [2.45, 2.75) is 19.5 Å². The molecule has 0 aliphatic carbocycles. The van der Waals surface area contributed by atoms with Crippen molar-refractivity contribution in [2.75, 3.05) is 18.5 Å². The molecule has 0 N–H and O–H groups in total. The first-order valence-electron chi connectivity index (χ1n) is 11.6. The van der Waals surface area contributed by atoms with E-state index in [0.29, 0.717) is 47.7 Å². The van der Waals surface area contributed by atoms with Crippen molar-refractivity contribution in [2.24, 2.45) is 0 Å². The van der Waals surface area contributed by atoms with Gasteiger partial charge < -0.3 is 14.5 Å². The van der Waals surface area contributed by atoms with E-state index in [1.807, 2.05) is 42.3 Å². The third-order valence-electron chi connectivity index (χ3n) is 6.03. The number of amides is 1. The second kappa shape index (κ2) is 10.3. The van der Waals surface area contributed by atoms with E-state index in [-0.39, 0.29) is 18.3 Å². The highest BCUT2D eigenvalue weighted by molar-refractivity contribution is 6.33. The van der Waals surface area contributed by atoms with Crippen molar-refractivity contribution in [3.8, 4) is 11.6 Å². The predicted octanol–water partition coefficient (Wildman–Crippen LogP) is 5.90. The maximum atomic E-state index is 13.5. The number of hydrogen-bond acceptors (Lipinski definition) is 5. The first-order valence-corrected chi connectivity index (χ1v) is 12.0. The van der Waals surface area contributed by atoms with Crippen LogP contribution in [0.1, 0.15) is 27.2 Å². The van der Waals surface area contributed by atoms with Crippen molar-refractivity contribution in [3.63, 3.8) is 0 Å². The zero-order valence-corrected chi connectivity index (χ0v) is 20.5. The molecule has 0 fully saturated rings. The van der Waals surface area contributed by atoms with Crippen LogP contribution in [0.5, 0.6) is 11.6 Å². The van der Waals surface area contributed by atoms with E-state index in [1.165, 1.54) is 12.1 Å². The fourth-order valence-electron chi connectivity index (χ4n) is 4.15. The Bertz CT molecular complexity index is 1380. The lowest BCUT2D eigenvalue weighted by molar-refractivity contribution is 0.0732. The predicted molar refractivity (Wildman–Crippen MR) is 137 cm³/mol. The molecule has 0 atom stereocenters. The van der Waals surface area contributed by atoms with Gasteiger partial charge in [-0.05, 0) is 42.0 Å². The van der Waals surface area contributed by atoms with Crippen LogP contribution in [-0.2, 0) is 19.5 Å². The molecule has 0 unspecified atom stereocenters. The smallest absolute Gasteiger partial charge is 0.255 e. The van der Waals surface area contributed by atoms with Crippen LogP contribution < -0.4 is 9.64 Å². The summed E-state index contributed by atoms with van der Waals surface area (Å²) in [7, 11) is 1.92. The van der Waals surface area contributed by atoms with Crippen LogP contribution in [0.2, 0.25) is 5.02 Å². The van der Waals surface area contributed by atoms with Gasteiger partial charge in [-0.25, -0.2) is 9.37 Å². The van der Waals surface area contributed by atoms with E-state index >= 15 is 0 Å². The van der Waals surface area contributed by atoms with Crippen LogP contribution in [0.4, 0.5) is 10.3 Å². The molecule has 182 valence electrons. The van der Waals surface area contributed by atoms with Gasteiger partial charge in [0.2, 0.25) is 11.8 Å². The molecule has 1 amide bonds. The zero-order valence-electron chi connectivity index (χ0n) is 19.7. The topological polar surface area (TPSA) is 58.6 Å². The SMILES string of the molecule is CN(Cc1ccccc1)c1nc2c(c(Oc3ccc(F)cc3)n1)CN(C(=O)c1ccccc1Cl)CC2. The third-order valence-corrected chi connectivity index (χ3v) is 6.36. The highest BCUT2D eigenvalue weighted by Crippen LogP contribution is 2.32. The highest BCUT2D eigenvalue weighted by atomic mass is 35.5. The zero-order chi connectivity index (χ0) is 25.1. The Morgan fingerprint density at radius 1 is 1.03 bits per heavy atom. The van der Waals surface area contributed by atoms with Gasteiger partial charge in [-0.1, -0.05) is 54.1 Å². The van der Waals surface area contributed by atoms with E-state index in [2.05, 4.69) is 0 Å². The van der Waals surface area contributed by atoms with Gasteiger partial charge in [-0.3, -0.25) is 4.79 Å². The standard InChI is InChI=1S/C28H24ClFN4O2/c1-33(17-19-7-3-2-4-8-19)28-31-25-15-16-34(27(35)22-9-5-6-10-24(22)29)18-23(25)26(32-28)36-21-13-11-20(30)12-14-21/h2-14H,15-18H2,1H3. The Kier molecular flexibility index (Phi) is 6.82. The van der Waals surface area contributed by atoms with Crippen LogP contribution in [0, 0.1) is 5.82 Å². The molecule has 6 nitrogen and oxygen atoms in total. The fraction of sp³-hybridized carbons (Fsp3) is 0.179. The minimum absolute atomic E-state index is 0.163. The van der Waals surface area contributed by atoms with Crippen molar-refractivity contribution in [1.29, 1.82) is 0 Å². The molecule has 1 aliphatic heterocycles. The molecule has 4 aromatic rings. The van der Waals surface area contributed by atoms with Crippen molar-refractivity contribution in [3.05, 3.63) is 112 Å². The van der Waals surface area contributed by atoms with E-state index < -0.39 is 0 Å². The summed E-state index contributed by atoms with van der Waals surface area (Å²) in [5, 5.41) is 0.408. The van der Waals surface area contributed by atoms with Crippen LogP contribution in [-0.4, -0.2) is 34.4 Å². The lowest BCUT2D eigenvalue weighted by Crippen LogP contribution is -2.37. The number of halogens is 2. The highest BCUT2D eigenvalue weighted by Gasteiger charge is 2.28. The Morgan fingerprint density at radius 2 is 1.75 bits per heavy atom. The van der Waals surface area contributed by atoms with E-state index in [1.54, 1.807) is 41.3 Å². The summed E-state index contributed by atoms with van der Waals surface area (Å²) in [5.41, 5.74) is 3.12. The molecule has 3 aromatic carbocycles. The first kappa shape index (κ1) is 23.8. The Balaban J connectivity index is 1.48. The molecule has 0 saturated carbocycles. The van der Waals surface area contributed by atoms with E-state index in [0.717, 1.165) is 16.8 Å². The van der Waals surface area contributed by atoms with E-state index in [9.17, 15) is 9.18 Å². The monoisotopic (exact) mass is 502 g/mol. The van der Waals surface area contributed by atoms with Gasteiger partial charge >= 0.3 is 0 Å². The minimum Gasteiger partial charge on any atom is -0.438 e. The molecule has 0 spiro atoms. The van der Waals surface area contributed by atoms with Gasteiger partial charge in [0.25, 0.3) is 5.91 Å². The molecule has 5 rings (SSSR count). The second-order valence-corrected chi connectivity index (χ2v) is 9.02. The maximum Gasteiger partial charge on any atom is 0.255 e. The summed E-state index contributed by atoms with van der Waals surface area (Å²) in [6.45, 7) is 1.39. The quantitative estimate of drug-likeness (QED) is 0.329. The number of carbonyl (C=O) groups is 1. The van der Waals surface area contributed by atoms with Gasteiger partial charge in [0.15, 0.2) is 0 Å². The minimum atomic E-state index is -0.355. The number of rotatable bonds is 6. The second-order valence-electron chi connectivity index (χ2n) is 8.61. The average molecular weight is 503 g/mol. The van der Waals surface area contributed by atoms with Crippen molar-refractivity contribution in [1.82, 2.24) is 14.9 Å². The maximum absolute atomic E-state index is 13.5. The normalized spacial score (nSPS) is 12.7. The summed E-state index contributed by atoms with van der Waals surface area (Å²) in [4.78, 5) is 26.4. The summed E-state index contributed by atoms with van der Waals surface area (Å²) < 4.78 is 19.6. The van der Waals surface area contributed by atoms with Crippen LogP contribution in [0.15, 0.2) is 78.9 Å². The number of benzene rings is 3. The molecule has 1 aromatic heterocycles. The number of fused-ring (bicyclic) bond motifs is 1. The Morgan fingerprint density at radius 3 is 2.50 bits per heavy atom. The van der Waals surface area contributed by atoms with Crippen LogP contribution in [0.25, 0.3) is 0 Å². The van der Waals surface area contributed by atoms with Gasteiger partial charge in [0.1, 0.15) is 11.6 Å². The van der Waals surface area contributed by atoms with Crippen LogP contribution in [0.3, 0.4) is 0 Å². The summed E-state index contributed by atoms with van der Waals surface area (Å²) in [5.74, 6) is 0.790. The lowest BCUT2D eigenvalue weighted by atomic mass is 10.0. The molecule has 0 saturated heterocycles. The molecule has 0 bridgehead atoms. The largest absolute Gasteiger partial charge is 0.438 e.